The van der Waals surface area contributed by atoms with E-state index in [2.05, 4.69) is 13.2 Å². The fourth-order valence-corrected chi connectivity index (χ4v) is 0.756. The molecule has 0 aliphatic rings. The molecule has 15 heavy (non-hydrogen) atoms. The van der Waals surface area contributed by atoms with E-state index < -0.39 is 5.97 Å². The maximum absolute atomic E-state index is 10.2. The van der Waals surface area contributed by atoms with E-state index in [-0.39, 0.29) is 5.71 Å². The van der Waals surface area contributed by atoms with Gasteiger partial charge in [0.05, 0.1) is 5.71 Å². The van der Waals surface area contributed by atoms with Crippen LogP contribution in [0.2, 0.25) is 0 Å². The fraction of sp³-hybridized carbons (Fsp3) is 0. The lowest BCUT2D eigenvalue weighted by Gasteiger charge is -1.98. The van der Waals surface area contributed by atoms with E-state index in [1.807, 2.05) is 0 Å². The number of nitrogens with one attached hydrogen (secondary N) is 2. The number of hydrogen-bond donors (Lipinski definition) is 3. The SMILES string of the molecule is C=C/C(=C\C(=C)/C=C/C(=O)O)C(=N)C=N. The summed E-state index contributed by atoms with van der Waals surface area (Å²) in [5.74, 6) is -1.06. The first-order valence-electron chi connectivity index (χ1n) is 4.04. The van der Waals surface area contributed by atoms with Crippen LogP contribution in [0.1, 0.15) is 0 Å². The molecule has 0 amide bonds. The van der Waals surface area contributed by atoms with Crippen molar-refractivity contribution >= 4 is 17.9 Å². The number of hydrogen-bond acceptors (Lipinski definition) is 3. The van der Waals surface area contributed by atoms with E-state index in [0.29, 0.717) is 11.1 Å². The normalized spacial score (nSPS) is 11.1. The Labute approximate surface area is 88.0 Å². The van der Waals surface area contributed by atoms with Crippen molar-refractivity contribution < 1.29 is 9.90 Å². The van der Waals surface area contributed by atoms with Crippen LogP contribution in [0.3, 0.4) is 0 Å². The number of rotatable bonds is 6. The van der Waals surface area contributed by atoms with Crippen molar-refractivity contribution in [1.29, 1.82) is 10.8 Å². The molecule has 0 aliphatic heterocycles. The molecule has 0 aromatic heterocycles. The van der Waals surface area contributed by atoms with Crippen molar-refractivity contribution in [3.63, 3.8) is 0 Å². The largest absolute Gasteiger partial charge is 0.478 e. The molecule has 0 aromatic rings. The number of carboxylic acids is 1. The second-order valence-electron chi connectivity index (χ2n) is 2.61. The Morgan fingerprint density at radius 3 is 2.33 bits per heavy atom. The number of allylic oxidation sites excluding steroid dienone is 5. The molecule has 0 spiro atoms. The topological polar surface area (TPSA) is 85.0 Å². The highest BCUT2D eigenvalue weighted by molar-refractivity contribution is 6.36. The van der Waals surface area contributed by atoms with Gasteiger partial charge in [-0.15, -0.1) is 0 Å². The maximum atomic E-state index is 10.2. The molecule has 0 radical (unpaired) electrons. The molecule has 3 N–H and O–H groups in total. The van der Waals surface area contributed by atoms with E-state index >= 15 is 0 Å². The van der Waals surface area contributed by atoms with Gasteiger partial charge in [-0.3, -0.25) is 5.41 Å². The maximum Gasteiger partial charge on any atom is 0.328 e. The molecule has 0 bridgehead atoms. The van der Waals surface area contributed by atoms with Gasteiger partial charge in [-0.1, -0.05) is 19.2 Å². The van der Waals surface area contributed by atoms with Crippen LogP contribution in [0.4, 0.5) is 0 Å². The number of carbonyl (C=O) groups is 1. The molecule has 78 valence electrons. The van der Waals surface area contributed by atoms with Gasteiger partial charge in [-0.05, 0) is 17.7 Å². The summed E-state index contributed by atoms with van der Waals surface area (Å²) in [4.78, 5) is 10.2. The van der Waals surface area contributed by atoms with Crippen LogP contribution in [-0.4, -0.2) is 23.0 Å². The second-order valence-corrected chi connectivity index (χ2v) is 2.61. The van der Waals surface area contributed by atoms with Crippen LogP contribution in [0.5, 0.6) is 0 Å². The first kappa shape index (κ1) is 12.8. The predicted molar refractivity (Wildman–Crippen MR) is 60.7 cm³/mol. The second kappa shape index (κ2) is 6.26. The summed E-state index contributed by atoms with van der Waals surface area (Å²) < 4.78 is 0. The smallest absolute Gasteiger partial charge is 0.328 e. The Kier molecular flexibility index (Phi) is 5.33. The standard InChI is InChI=1S/C11H12N2O2/c1-3-9(10(13)7-12)6-8(2)4-5-11(14)15/h3-7,12-13H,1-2H2,(H,14,15)/b5-4+,9-6+,12-7?,13-10?. The van der Waals surface area contributed by atoms with Crippen LogP contribution in [0.25, 0.3) is 0 Å². The Bertz CT molecular complexity index is 376. The zero-order valence-corrected chi connectivity index (χ0v) is 8.16. The van der Waals surface area contributed by atoms with Crippen molar-refractivity contribution in [3.8, 4) is 0 Å². The van der Waals surface area contributed by atoms with Gasteiger partial charge in [-0.2, -0.15) is 0 Å². The third-order valence-electron chi connectivity index (χ3n) is 1.46. The molecule has 4 nitrogen and oxygen atoms in total. The van der Waals surface area contributed by atoms with E-state index in [1.165, 1.54) is 18.2 Å². The first-order chi connectivity index (χ1) is 7.01. The van der Waals surface area contributed by atoms with Crippen LogP contribution < -0.4 is 0 Å². The van der Waals surface area contributed by atoms with Crippen molar-refractivity contribution in [2.45, 2.75) is 0 Å². The van der Waals surface area contributed by atoms with Gasteiger partial charge in [0.25, 0.3) is 0 Å². The minimum absolute atomic E-state index is 0.00475. The summed E-state index contributed by atoms with van der Waals surface area (Å²) in [5.41, 5.74) is 0.846. The van der Waals surface area contributed by atoms with Crippen molar-refractivity contribution in [1.82, 2.24) is 0 Å². The highest BCUT2D eigenvalue weighted by Crippen LogP contribution is 2.04. The van der Waals surface area contributed by atoms with Gasteiger partial charge in [-0.25, -0.2) is 4.79 Å². The molecular formula is C11H12N2O2. The Morgan fingerprint density at radius 1 is 1.33 bits per heavy atom. The quantitative estimate of drug-likeness (QED) is 0.351. The first-order valence-corrected chi connectivity index (χ1v) is 4.04. The monoisotopic (exact) mass is 204 g/mol. The third kappa shape index (κ3) is 5.15. The van der Waals surface area contributed by atoms with Crippen molar-refractivity contribution in [2.24, 2.45) is 0 Å². The van der Waals surface area contributed by atoms with Crippen LogP contribution in [-0.2, 0) is 4.79 Å². The molecule has 0 aliphatic carbocycles. The summed E-state index contributed by atoms with van der Waals surface area (Å²) in [6.07, 6.45) is 6.03. The van der Waals surface area contributed by atoms with Crippen LogP contribution >= 0.6 is 0 Å². The third-order valence-corrected chi connectivity index (χ3v) is 1.46. The minimum atomic E-state index is -1.06. The van der Waals surface area contributed by atoms with Crippen LogP contribution in [0, 0.1) is 10.8 Å². The summed E-state index contributed by atoms with van der Waals surface area (Å²) in [6.45, 7) is 7.07. The van der Waals surface area contributed by atoms with E-state index in [0.717, 1.165) is 12.3 Å². The van der Waals surface area contributed by atoms with E-state index in [4.69, 9.17) is 15.9 Å². The lowest BCUT2D eigenvalue weighted by molar-refractivity contribution is -0.131. The molecule has 0 saturated heterocycles. The van der Waals surface area contributed by atoms with Gasteiger partial charge in [0, 0.05) is 17.9 Å². The highest BCUT2D eigenvalue weighted by Gasteiger charge is 1.97. The molecule has 0 aromatic carbocycles. The predicted octanol–water partition coefficient (Wildman–Crippen LogP) is 1.97. The Hall–Kier alpha value is -2.23. The van der Waals surface area contributed by atoms with Crippen molar-refractivity contribution in [3.05, 3.63) is 48.6 Å². The highest BCUT2D eigenvalue weighted by atomic mass is 16.4. The average Bonchev–Trinajstić information content (AvgIpc) is 2.21. The summed E-state index contributed by atoms with van der Waals surface area (Å²) in [5, 5.41) is 22.6. The lowest BCUT2D eigenvalue weighted by atomic mass is 10.1. The van der Waals surface area contributed by atoms with E-state index in [9.17, 15) is 4.79 Å². The molecule has 0 unspecified atom stereocenters. The fourth-order valence-electron chi connectivity index (χ4n) is 0.756. The molecule has 0 heterocycles. The van der Waals surface area contributed by atoms with Gasteiger partial charge in [0.1, 0.15) is 0 Å². The molecule has 0 rings (SSSR count). The Balaban J connectivity index is 4.78. The van der Waals surface area contributed by atoms with Crippen LogP contribution in [0.15, 0.2) is 48.6 Å². The number of carboxylic acid groups (broad SMARTS) is 1. The van der Waals surface area contributed by atoms with Gasteiger partial charge < -0.3 is 10.5 Å². The molecule has 0 fully saturated rings. The van der Waals surface area contributed by atoms with Gasteiger partial charge in [0.15, 0.2) is 0 Å². The number of aliphatic carboxylic acids is 1. The lowest BCUT2D eigenvalue weighted by Crippen LogP contribution is -1.99. The Morgan fingerprint density at radius 2 is 1.93 bits per heavy atom. The average molecular weight is 204 g/mol. The molecule has 4 heteroatoms. The molecule has 0 atom stereocenters. The summed E-state index contributed by atoms with van der Waals surface area (Å²) in [7, 11) is 0. The zero-order chi connectivity index (χ0) is 11.8. The van der Waals surface area contributed by atoms with Gasteiger partial charge >= 0.3 is 5.97 Å². The summed E-state index contributed by atoms with van der Waals surface area (Å²) in [6, 6.07) is 0. The summed E-state index contributed by atoms with van der Waals surface area (Å²) >= 11 is 0. The van der Waals surface area contributed by atoms with Crippen molar-refractivity contribution in [2.75, 3.05) is 0 Å². The minimum Gasteiger partial charge on any atom is -0.478 e. The van der Waals surface area contributed by atoms with Gasteiger partial charge in [0.2, 0.25) is 0 Å². The van der Waals surface area contributed by atoms with E-state index in [1.54, 1.807) is 0 Å². The zero-order valence-electron chi connectivity index (χ0n) is 8.16. The molecular weight excluding hydrogens is 192 g/mol. The molecule has 0 saturated carbocycles.